The third kappa shape index (κ3) is 4.57. The van der Waals surface area contributed by atoms with E-state index in [1.807, 2.05) is 24.3 Å². The number of anilines is 2. The topological polar surface area (TPSA) is 91.2 Å². The van der Waals surface area contributed by atoms with Crippen molar-refractivity contribution >= 4 is 17.4 Å². The fourth-order valence-corrected chi connectivity index (χ4v) is 3.44. The Balaban J connectivity index is 1.64. The van der Waals surface area contributed by atoms with E-state index >= 15 is 0 Å². The van der Waals surface area contributed by atoms with E-state index in [2.05, 4.69) is 44.5 Å². The number of hydrogen-bond acceptors (Lipinski definition) is 7. The van der Waals surface area contributed by atoms with Crippen molar-refractivity contribution in [3.63, 3.8) is 0 Å². The average Bonchev–Trinajstić information content (AvgIpc) is 3.00. The van der Waals surface area contributed by atoms with Gasteiger partial charge in [0, 0.05) is 25.4 Å². The molecule has 3 heterocycles. The third-order valence-corrected chi connectivity index (χ3v) is 4.99. The van der Waals surface area contributed by atoms with Gasteiger partial charge in [0.2, 0.25) is 0 Å². The Morgan fingerprint density at radius 1 is 1.03 bits per heavy atom. The molecule has 0 aliphatic carbocycles. The van der Waals surface area contributed by atoms with Crippen LogP contribution in [-0.4, -0.2) is 52.1 Å². The maximum absolute atomic E-state index is 11.5. The first kappa shape index (κ1) is 19.0. The number of aliphatic hydroxyl groups excluding tert-OH is 1. The molecule has 3 aromatic rings. The smallest absolute Gasteiger partial charge is 0.182 e. The van der Waals surface area contributed by atoms with Crippen LogP contribution < -0.4 is 10.2 Å². The van der Waals surface area contributed by atoms with Gasteiger partial charge in [0.05, 0.1) is 6.54 Å². The van der Waals surface area contributed by atoms with Gasteiger partial charge in [0.15, 0.2) is 11.6 Å². The number of hydrogen-bond donors (Lipinski definition) is 2. The van der Waals surface area contributed by atoms with E-state index in [-0.39, 0.29) is 12.3 Å². The van der Waals surface area contributed by atoms with Crippen LogP contribution in [0.4, 0.5) is 11.6 Å². The number of pyridine rings is 1. The summed E-state index contributed by atoms with van der Waals surface area (Å²) in [6.45, 7) is 1.22. The number of ketones is 1. The highest BCUT2D eigenvalue weighted by molar-refractivity contribution is 5.83. The summed E-state index contributed by atoms with van der Waals surface area (Å²) in [5.41, 5.74) is 3.42. The van der Waals surface area contributed by atoms with Crippen LogP contribution in [0, 0.1) is 0 Å². The first-order valence-electron chi connectivity index (χ1n) is 9.71. The lowest BCUT2D eigenvalue weighted by Gasteiger charge is -2.22. The quantitative estimate of drug-likeness (QED) is 0.667. The number of aliphatic hydroxyl groups is 1. The summed E-state index contributed by atoms with van der Waals surface area (Å²) in [5, 5.41) is 12.0. The van der Waals surface area contributed by atoms with Gasteiger partial charge in [-0.25, -0.2) is 9.97 Å². The molecule has 29 heavy (non-hydrogen) atoms. The van der Waals surface area contributed by atoms with Crippen molar-refractivity contribution in [2.24, 2.45) is 0 Å². The van der Waals surface area contributed by atoms with E-state index in [1.54, 1.807) is 6.20 Å². The Kier molecular flexibility index (Phi) is 5.76. The number of fused-ring (bicyclic) bond motifs is 1. The molecule has 1 aliphatic heterocycles. The van der Waals surface area contributed by atoms with Gasteiger partial charge in [-0.1, -0.05) is 30.3 Å². The normalized spacial score (nSPS) is 13.5. The molecule has 7 heteroatoms. The van der Waals surface area contributed by atoms with Crippen LogP contribution in [0.3, 0.4) is 0 Å². The van der Waals surface area contributed by atoms with Crippen LogP contribution in [0.2, 0.25) is 0 Å². The van der Waals surface area contributed by atoms with Crippen molar-refractivity contribution in [3.8, 4) is 11.5 Å². The number of nitrogens with one attached hydrogen (secondary N) is 1. The van der Waals surface area contributed by atoms with E-state index in [4.69, 9.17) is 10.1 Å². The van der Waals surface area contributed by atoms with Gasteiger partial charge in [-0.05, 0) is 36.1 Å². The average molecular weight is 389 g/mol. The number of benzene rings is 1. The molecule has 0 radical (unpaired) electrons. The Labute approximate surface area is 169 Å². The van der Waals surface area contributed by atoms with E-state index < -0.39 is 6.61 Å². The molecule has 0 amide bonds. The highest BCUT2D eigenvalue weighted by Gasteiger charge is 2.18. The Bertz CT molecular complexity index is 967. The second-order valence-electron chi connectivity index (χ2n) is 6.96. The van der Waals surface area contributed by atoms with Crippen LogP contribution in [0.1, 0.15) is 11.1 Å². The SMILES string of the molecule is O=C(CO)CNc1cc(N2CCc3ccccc3CC2)nc(-c2ccccn2)n1. The molecule has 0 saturated carbocycles. The minimum atomic E-state index is -0.498. The van der Waals surface area contributed by atoms with Crippen molar-refractivity contribution in [2.75, 3.05) is 36.5 Å². The van der Waals surface area contributed by atoms with Crippen LogP contribution in [0.25, 0.3) is 11.5 Å². The predicted octanol–water partition coefficient (Wildman–Crippen LogP) is 2.12. The second-order valence-corrected chi connectivity index (χ2v) is 6.96. The van der Waals surface area contributed by atoms with Gasteiger partial charge >= 0.3 is 0 Å². The Morgan fingerprint density at radius 2 is 1.76 bits per heavy atom. The van der Waals surface area contributed by atoms with Crippen molar-refractivity contribution in [1.82, 2.24) is 15.0 Å². The monoisotopic (exact) mass is 389 g/mol. The molecule has 0 saturated heterocycles. The Morgan fingerprint density at radius 3 is 2.41 bits per heavy atom. The summed E-state index contributed by atoms with van der Waals surface area (Å²) in [4.78, 5) is 27.4. The zero-order valence-corrected chi connectivity index (χ0v) is 16.1. The molecule has 0 unspecified atom stereocenters. The van der Waals surface area contributed by atoms with Gasteiger partial charge in [0.1, 0.15) is 23.9 Å². The van der Waals surface area contributed by atoms with Crippen LogP contribution in [-0.2, 0) is 17.6 Å². The lowest BCUT2D eigenvalue weighted by atomic mass is 10.0. The van der Waals surface area contributed by atoms with Gasteiger partial charge < -0.3 is 15.3 Å². The number of carbonyl (C=O) groups is 1. The van der Waals surface area contributed by atoms with Crippen molar-refractivity contribution in [2.45, 2.75) is 12.8 Å². The maximum Gasteiger partial charge on any atom is 0.182 e. The summed E-state index contributed by atoms with van der Waals surface area (Å²) in [7, 11) is 0. The minimum absolute atomic E-state index is 0.0139. The van der Waals surface area contributed by atoms with E-state index in [0.29, 0.717) is 17.3 Å². The standard InChI is InChI=1S/C22H23N5O2/c28-15-18(29)14-24-20-13-21(26-22(25-20)19-7-3-4-10-23-19)27-11-8-16-5-1-2-6-17(16)9-12-27/h1-7,10,13,28H,8-9,11-12,14-15H2,(H,24,25,26). The number of rotatable bonds is 6. The van der Waals surface area contributed by atoms with Gasteiger partial charge in [0.25, 0.3) is 0 Å². The molecule has 2 N–H and O–H groups in total. The minimum Gasteiger partial charge on any atom is -0.389 e. The van der Waals surface area contributed by atoms with Crippen LogP contribution >= 0.6 is 0 Å². The molecule has 0 bridgehead atoms. The fourth-order valence-electron chi connectivity index (χ4n) is 3.44. The number of nitrogens with zero attached hydrogens (tertiary/aromatic N) is 4. The van der Waals surface area contributed by atoms with Crippen LogP contribution in [0.15, 0.2) is 54.7 Å². The molecule has 1 aliphatic rings. The third-order valence-electron chi connectivity index (χ3n) is 4.99. The molecule has 0 atom stereocenters. The summed E-state index contributed by atoms with van der Waals surface area (Å²) in [6, 6.07) is 16.0. The van der Waals surface area contributed by atoms with Crippen molar-refractivity contribution in [1.29, 1.82) is 0 Å². The second kappa shape index (κ2) is 8.79. The van der Waals surface area contributed by atoms with Crippen molar-refractivity contribution < 1.29 is 9.90 Å². The van der Waals surface area contributed by atoms with Gasteiger partial charge in [-0.3, -0.25) is 9.78 Å². The van der Waals surface area contributed by atoms with E-state index in [0.717, 1.165) is 31.7 Å². The highest BCUT2D eigenvalue weighted by atomic mass is 16.3. The molecular weight excluding hydrogens is 366 g/mol. The number of carbonyl (C=O) groups excluding carboxylic acids is 1. The fraction of sp³-hybridized carbons (Fsp3) is 0.273. The lowest BCUT2D eigenvalue weighted by molar-refractivity contribution is -0.120. The molecule has 0 fully saturated rings. The molecular formula is C22H23N5O2. The number of aromatic nitrogens is 3. The molecule has 4 rings (SSSR count). The molecule has 148 valence electrons. The molecule has 0 spiro atoms. The zero-order valence-electron chi connectivity index (χ0n) is 16.1. The summed E-state index contributed by atoms with van der Waals surface area (Å²) >= 11 is 0. The summed E-state index contributed by atoms with van der Waals surface area (Å²) in [5.74, 6) is 1.55. The van der Waals surface area contributed by atoms with Gasteiger partial charge in [-0.15, -0.1) is 0 Å². The largest absolute Gasteiger partial charge is 0.389 e. The van der Waals surface area contributed by atoms with Crippen LogP contribution in [0.5, 0.6) is 0 Å². The molecule has 1 aromatic carbocycles. The van der Waals surface area contributed by atoms with Crippen molar-refractivity contribution in [3.05, 3.63) is 65.9 Å². The predicted molar refractivity (Wildman–Crippen MR) is 112 cm³/mol. The first-order chi connectivity index (χ1) is 14.2. The highest BCUT2D eigenvalue weighted by Crippen LogP contribution is 2.24. The molecule has 2 aromatic heterocycles. The van der Waals surface area contributed by atoms with E-state index in [9.17, 15) is 4.79 Å². The number of Topliss-reactive ketones (excluding diaryl/α,β-unsaturated/α-hetero) is 1. The zero-order chi connectivity index (χ0) is 20.1. The lowest BCUT2D eigenvalue weighted by Crippen LogP contribution is -2.27. The van der Waals surface area contributed by atoms with E-state index in [1.165, 1.54) is 11.1 Å². The molecule has 7 nitrogen and oxygen atoms in total. The summed E-state index contributed by atoms with van der Waals surface area (Å²) in [6.07, 6.45) is 3.60. The van der Waals surface area contributed by atoms with Gasteiger partial charge in [-0.2, -0.15) is 0 Å². The Hall–Kier alpha value is -3.32. The first-order valence-corrected chi connectivity index (χ1v) is 9.71. The maximum atomic E-state index is 11.5. The summed E-state index contributed by atoms with van der Waals surface area (Å²) < 4.78 is 0.